The lowest BCUT2D eigenvalue weighted by atomic mass is 9.99. The minimum Gasteiger partial charge on any atom is -0.481 e. The number of nitrogens with one attached hydrogen (secondary N) is 1. The highest BCUT2D eigenvalue weighted by atomic mass is 79.9. The van der Waals surface area contributed by atoms with Crippen LogP contribution in [0.4, 0.5) is 5.69 Å². The lowest BCUT2D eigenvalue weighted by molar-refractivity contribution is -0.142. The number of aromatic nitrogens is 1. The first kappa shape index (κ1) is 16.2. The normalized spacial score (nSPS) is 17.6. The van der Waals surface area contributed by atoms with Crippen molar-refractivity contribution in [2.45, 2.75) is 19.8 Å². The highest BCUT2D eigenvalue weighted by molar-refractivity contribution is 9.10. The Bertz CT molecular complexity index is 642. The Kier molecular flexibility index (Phi) is 4.84. The van der Waals surface area contributed by atoms with Crippen molar-refractivity contribution in [1.82, 2.24) is 9.29 Å². The average molecular weight is 378 g/mol. The minimum absolute atomic E-state index is 0.204. The maximum Gasteiger partial charge on any atom is 0.306 e. The maximum absolute atomic E-state index is 12.3. The summed E-state index contributed by atoms with van der Waals surface area (Å²) in [6, 6.07) is 1.68. The molecule has 0 atom stereocenters. The Hall–Kier alpha value is -1.19. The number of carboxylic acid groups (broad SMARTS) is 1. The summed E-state index contributed by atoms with van der Waals surface area (Å²) in [5, 5.41) is 8.92. The smallest absolute Gasteiger partial charge is 0.306 e. The third-order valence-electron chi connectivity index (χ3n) is 3.40. The molecule has 2 N–H and O–H groups in total. The van der Waals surface area contributed by atoms with Crippen LogP contribution >= 0.6 is 15.9 Å². The molecule has 21 heavy (non-hydrogen) atoms. The topological polar surface area (TPSA) is 99.6 Å². The van der Waals surface area contributed by atoms with E-state index in [1.807, 2.05) is 6.92 Å². The summed E-state index contributed by atoms with van der Waals surface area (Å²) in [6.45, 7) is 2.22. The molecule has 116 valence electrons. The molecule has 0 radical (unpaired) electrons. The molecule has 0 aliphatic carbocycles. The van der Waals surface area contributed by atoms with Crippen LogP contribution in [0.2, 0.25) is 0 Å². The summed E-state index contributed by atoms with van der Waals surface area (Å²) in [6.07, 6.45) is 2.08. The molecule has 2 heterocycles. The largest absolute Gasteiger partial charge is 0.481 e. The second kappa shape index (κ2) is 6.29. The number of halogens is 1. The first-order valence-corrected chi connectivity index (χ1v) is 8.66. The molecular formula is C12H16BrN3O4S. The standard InChI is InChI=1S/C12H16BrN3O4S/c1-8-6-10(7-14-11(8)13)15-21(19,20)16-4-2-9(3-5-16)12(17)18/h6-7,9,15H,2-5H2,1H3,(H,17,18). The van der Waals surface area contributed by atoms with Gasteiger partial charge in [-0.15, -0.1) is 0 Å². The fraction of sp³-hybridized carbons (Fsp3) is 0.500. The molecular weight excluding hydrogens is 362 g/mol. The summed E-state index contributed by atoms with van der Waals surface area (Å²) in [5.74, 6) is -1.33. The van der Waals surface area contributed by atoms with Crippen LogP contribution in [0.15, 0.2) is 16.9 Å². The van der Waals surface area contributed by atoms with Gasteiger partial charge in [0.25, 0.3) is 0 Å². The fourth-order valence-corrected chi connectivity index (χ4v) is 3.62. The second-order valence-electron chi connectivity index (χ2n) is 4.95. The van der Waals surface area contributed by atoms with Crippen molar-refractivity contribution < 1.29 is 18.3 Å². The van der Waals surface area contributed by atoms with E-state index in [-0.39, 0.29) is 13.1 Å². The van der Waals surface area contributed by atoms with E-state index >= 15 is 0 Å². The van der Waals surface area contributed by atoms with Crippen molar-refractivity contribution in [3.8, 4) is 0 Å². The zero-order valence-corrected chi connectivity index (χ0v) is 13.8. The molecule has 0 aromatic carbocycles. The number of rotatable bonds is 4. The highest BCUT2D eigenvalue weighted by Crippen LogP contribution is 2.22. The van der Waals surface area contributed by atoms with Gasteiger partial charge in [0, 0.05) is 13.1 Å². The van der Waals surface area contributed by atoms with Gasteiger partial charge in [-0.2, -0.15) is 12.7 Å². The molecule has 1 aliphatic rings. The fourth-order valence-electron chi connectivity index (χ4n) is 2.17. The quantitative estimate of drug-likeness (QED) is 0.776. The van der Waals surface area contributed by atoms with Gasteiger partial charge in [-0.25, -0.2) is 4.98 Å². The third-order valence-corrected chi connectivity index (χ3v) is 5.77. The Balaban J connectivity index is 2.05. The van der Waals surface area contributed by atoms with E-state index in [1.165, 1.54) is 10.5 Å². The van der Waals surface area contributed by atoms with Gasteiger partial charge >= 0.3 is 16.2 Å². The van der Waals surface area contributed by atoms with Gasteiger partial charge in [0.2, 0.25) is 0 Å². The Morgan fingerprint density at radius 1 is 1.48 bits per heavy atom. The molecule has 7 nitrogen and oxygen atoms in total. The van der Waals surface area contributed by atoms with E-state index in [0.717, 1.165) is 5.56 Å². The zero-order valence-electron chi connectivity index (χ0n) is 11.4. The minimum atomic E-state index is -3.68. The lowest BCUT2D eigenvalue weighted by Crippen LogP contribution is -2.42. The molecule has 2 rings (SSSR count). The van der Waals surface area contributed by atoms with Crippen LogP contribution in [-0.4, -0.2) is 41.9 Å². The van der Waals surface area contributed by atoms with Crippen LogP contribution in [0.1, 0.15) is 18.4 Å². The number of hydrogen-bond acceptors (Lipinski definition) is 4. The number of nitrogens with zero attached hydrogens (tertiary/aromatic N) is 2. The molecule has 0 bridgehead atoms. The molecule has 0 amide bonds. The summed E-state index contributed by atoms with van der Waals surface area (Å²) in [5.41, 5.74) is 1.20. The van der Waals surface area contributed by atoms with Crippen LogP contribution in [-0.2, 0) is 15.0 Å². The van der Waals surface area contributed by atoms with Gasteiger partial charge in [0.05, 0.1) is 17.8 Å². The number of carboxylic acids is 1. The maximum atomic E-state index is 12.3. The van der Waals surface area contributed by atoms with E-state index in [4.69, 9.17) is 5.11 Å². The number of pyridine rings is 1. The molecule has 0 saturated carbocycles. The predicted octanol–water partition coefficient (Wildman–Crippen LogP) is 1.61. The molecule has 1 fully saturated rings. The number of anilines is 1. The lowest BCUT2D eigenvalue weighted by Gasteiger charge is -2.29. The number of aryl methyl sites for hydroxylation is 1. The summed E-state index contributed by atoms with van der Waals surface area (Å²) >= 11 is 3.25. The number of piperidine rings is 1. The number of carbonyl (C=O) groups is 1. The van der Waals surface area contributed by atoms with Gasteiger partial charge < -0.3 is 5.11 Å². The van der Waals surface area contributed by atoms with Crippen LogP contribution in [0, 0.1) is 12.8 Å². The van der Waals surface area contributed by atoms with Crippen LogP contribution in [0.3, 0.4) is 0 Å². The van der Waals surface area contributed by atoms with Gasteiger partial charge in [0.15, 0.2) is 0 Å². The van der Waals surface area contributed by atoms with Crippen LogP contribution < -0.4 is 4.72 Å². The van der Waals surface area contributed by atoms with Crippen molar-refractivity contribution in [3.05, 3.63) is 22.4 Å². The van der Waals surface area contributed by atoms with Crippen molar-refractivity contribution in [2.24, 2.45) is 5.92 Å². The third kappa shape index (κ3) is 3.92. The van der Waals surface area contributed by atoms with Gasteiger partial charge in [0.1, 0.15) is 4.60 Å². The van der Waals surface area contributed by atoms with E-state index in [2.05, 4.69) is 25.6 Å². The molecule has 1 aliphatic heterocycles. The molecule has 0 spiro atoms. The molecule has 1 aromatic rings. The molecule has 1 aromatic heterocycles. The van der Waals surface area contributed by atoms with Crippen molar-refractivity contribution in [1.29, 1.82) is 0 Å². The van der Waals surface area contributed by atoms with Gasteiger partial charge in [-0.1, -0.05) is 0 Å². The monoisotopic (exact) mass is 377 g/mol. The summed E-state index contributed by atoms with van der Waals surface area (Å²) in [4.78, 5) is 14.9. The van der Waals surface area contributed by atoms with Crippen molar-refractivity contribution in [3.63, 3.8) is 0 Å². The van der Waals surface area contributed by atoms with E-state index in [9.17, 15) is 13.2 Å². The Morgan fingerprint density at radius 2 is 2.10 bits per heavy atom. The van der Waals surface area contributed by atoms with E-state index in [0.29, 0.717) is 23.1 Å². The first-order chi connectivity index (χ1) is 9.79. The van der Waals surface area contributed by atoms with Crippen molar-refractivity contribution in [2.75, 3.05) is 17.8 Å². The zero-order chi connectivity index (χ0) is 15.6. The first-order valence-electron chi connectivity index (χ1n) is 6.42. The molecule has 0 unspecified atom stereocenters. The van der Waals surface area contributed by atoms with Gasteiger partial charge in [-0.3, -0.25) is 9.52 Å². The molecule has 9 heteroatoms. The van der Waals surface area contributed by atoms with E-state index < -0.39 is 22.1 Å². The average Bonchev–Trinajstić information content (AvgIpc) is 2.43. The summed E-state index contributed by atoms with van der Waals surface area (Å²) < 4.78 is 28.9. The SMILES string of the molecule is Cc1cc(NS(=O)(=O)N2CCC(C(=O)O)CC2)cnc1Br. The van der Waals surface area contributed by atoms with Crippen LogP contribution in [0.5, 0.6) is 0 Å². The predicted molar refractivity (Wildman–Crippen MR) is 81.1 cm³/mol. The second-order valence-corrected chi connectivity index (χ2v) is 7.37. The van der Waals surface area contributed by atoms with Crippen LogP contribution in [0.25, 0.3) is 0 Å². The summed E-state index contributed by atoms with van der Waals surface area (Å²) in [7, 11) is -3.68. The molecule has 1 saturated heterocycles. The Labute approximate surface area is 131 Å². The van der Waals surface area contributed by atoms with E-state index in [1.54, 1.807) is 6.07 Å². The van der Waals surface area contributed by atoms with Gasteiger partial charge in [-0.05, 0) is 47.3 Å². The Morgan fingerprint density at radius 3 is 2.62 bits per heavy atom. The highest BCUT2D eigenvalue weighted by Gasteiger charge is 2.31. The number of hydrogen-bond donors (Lipinski definition) is 2. The van der Waals surface area contributed by atoms with Crippen molar-refractivity contribution >= 4 is 37.8 Å². The number of aliphatic carboxylic acids is 1.